The Hall–Kier alpha value is -2.24. The second-order valence-electron chi connectivity index (χ2n) is 4.59. The van der Waals surface area contributed by atoms with Gasteiger partial charge >= 0.3 is 0 Å². The number of hydrogen-bond donors (Lipinski definition) is 1. The number of amides is 1. The summed E-state index contributed by atoms with van der Waals surface area (Å²) in [6, 6.07) is 3.70. The number of pyridine rings is 1. The minimum absolute atomic E-state index is 0.0743. The lowest BCUT2D eigenvalue weighted by atomic mass is 10.0. The zero-order valence-electron chi connectivity index (χ0n) is 11.8. The Labute approximate surface area is 118 Å². The Morgan fingerprint density at radius 2 is 2.00 bits per heavy atom. The molecule has 0 radical (unpaired) electrons. The van der Waals surface area contributed by atoms with E-state index in [4.69, 9.17) is 0 Å². The molecule has 0 aliphatic heterocycles. The fourth-order valence-corrected chi connectivity index (χ4v) is 1.98. The molecular weight excluding hydrogens is 254 g/mol. The summed E-state index contributed by atoms with van der Waals surface area (Å²) in [5.41, 5.74) is 1.63. The zero-order valence-corrected chi connectivity index (χ0v) is 11.8. The molecule has 2 rings (SSSR count). The number of nitrogens with zero attached hydrogens (tertiary/aromatic N) is 4. The van der Waals surface area contributed by atoms with Crippen molar-refractivity contribution in [2.24, 2.45) is 5.92 Å². The maximum absolute atomic E-state index is 11.9. The third-order valence-electron chi connectivity index (χ3n) is 3.27. The van der Waals surface area contributed by atoms with E-state index in [0.717, 1.165) is 24.2 Å². The minimum Gasteiger partial charge on any atom is -0.350 e. The number of hydrogen-bond acceptors (Lipinski definition) is 4. The van der Waals surface area contributed by atoms with Crippen LogP contribution < -0.4 is 5.32 Å². The molecule has 20 heavy (non-hydrogen) atoms. The standard InChI is InChI=1S/C14H19N5O/c1-3-11(4-2)14(20)16-9-12-10-19(18-17-12)13-5-7-15-8-6-13/h5-8,10-11H,3-4,9H2,1-2H3,(H,16,20). The monoisotopic (exact) mass is 273 g/mol. The van der Waals surface area contributed by atoms with Crippen molar-refractivity contribution in [1.29, 1.82) is 0 Å². The Kier molecular flexibility index (Phi) is 4.81. The third-order valence-corrected chi connectivity index (χ3v) is 3.27. The molecule has 2 aromatic heterocycles. The van der Waals surface area contributed by atoms with Gasteiger partial charge in [0.05, 0.1) is 18.4 Å². The number of rotatable bonds is 6. The van der Waals surface area contributed by atoms with Gasteiger partial charge in [0.2, 0.25) is 5.91 Å². The molecular formula is C14H19N5O. The summed E-state index contributed by atoms with van der Waals surface area (Å²) in [6.07, 6.45) is 6.91. The van der Waals surface area contributed by atoms with Gasteiger partial charge < -0.3 is 5.32 Å². The fraction of sp³-hybridized carbons (Fsp3) is 0.429. The molecule has 0 aliphatic rings. The quantitative estimate of drug-likeness (QED) is 0.869. The van der Waals surface area contributed by atoms with E-state index >= 15 is 0 Å². The molecule has 2 aromatic rings. The molecule has 106 valence electrons. The second kappa shape index (κ2) is 6.79. The summed E-state index contributed by atoms with van der Waals surface area (Å²) in [6.45, 7) is 4.45. The first kappa shape index (κ1) is 14.2. The highest BCUT2D eigenvalue weighted by molar-refractivity contribution is 5.78. The van der Waals surface area contributed by atoms with Crippen LogP contribution in [0.3, 0.4) is 0 Å². The molecule has 0 fully saturated rings. The van der Waals surface area contributed by atoms with Gasteiger partial charge in [0.25, 0.3) is 0 Å². The van der Waals surface area contributed by atoms with Crippen molar-refractivity contribution in [3.05, 3.63) is 36.4 Å². The molecule has 1 amide bonds. The van der Waals surface area contributed by atoms with Gasteiger partial charge in [0, 0.05) is 18.3 Å². The van der Waals surface area contributed by atoms with Crippen LogP contribution >= 0.6 is 0 Å². The van der Waals surface area contributed by atoms with Crippen molar-refractivity contribution in [3.63, 3.8) is 0 Å². The van der Waals surface area contributed by atoms with Crippen LogP contribution in [0.15, 0.2) is 30.7 Å². The Morgan fingerprint density at radius 1 is 1.30 bits per heavy atom. The van der Waals surface area contributed by atoms with Gasteiger partial charge in [-0.2, -0.15) is 0 Å². The molecule has 0 spiro atoms. The molecule has 6 heteroatoms. The fourth-order valence-electron chi connectivity index (χ4n) is 1.98. The van der Waals surface area contributed by atoms with Crippen LogP contribution in [-0.2, 0) is 11.3 Å². The summed E-state index contributed by atoms with van der Waals surface area (Å²) in [5, 5.41) is 11.0. The largest absolute Gasteiger partial charge is 0.350 e. The lowest BCUT2D eigenvalue weighted by molar-refractivity contribution is -0.125. The first-order chi connectivity index (χ1) is 9.74. The van der Waals surface area contributed by atoms with Crippen LogP contribution in [0.5, 0.6) is 0 Å². The number of nitrogens with one attached hydrogen (secondary N) is 1. The van der Waals surface area contributed by atoms with Crippen LogP contribution in [0, 0.1) is 5.92 Å². The molecule has 6 nitrogen and oxygen atoms in total. The van der Waals surface area contributed by atoms with Crippen LogP contribution in [-0.4, -0.2) is 25.9 Å². The topological polar surface area (TPSA) is 72.7 Å². The normalized spacial score (nSPS) is 10.8. The van der Waals surface area contributed by atoms with Crippen molar-refractivity contribution in [2.75, 3.05) is 0 Å². The summed E-state index contributed by atoms with van der Waals surface area (Å²) in [5.74, 6) is 0.152. The van der Waals surface area contributed by atoms with E-state index in [0.29, 0.717) is 6.54 Å². The van der Waals surface area contributed by atoms with E-state index in [1.807, 2.05) is 32.2 Å². The smallest absolute Gasteiger partial charge is 0.223 e. The molecule has 0 atom stereocenters. The van der Waals surface area contributed by atoms with Crippen molar-refractivity contribution < 1.29 is 4.79 Å². The summed E-state index contributed by atoms with van der Waals surface area (Å²) >= 11 is 0. The highest BCUT2D eigenvalue weighted by Gasteiger charge is 2.14. The summed E-state index contributed by atoms with van der Waals surface area (Å²) in [4.78, 5) is 15.8. The first-order valence-electron chi connectivity index (χ1n) is 6.84. The van der Waals surface area contributed by atoms with Gasteiger partial charge in [-0.25, -0.2) is 4.68 Å². The minimum atomic E-state index is 0.0743. The van der Waals surface area contributed by atoms with Crippen molar-refractivity contribution in [2.45, 2.75) is 33.2 Å². The highest BCUT2D eigenvalue weighted by atomic mass is 16.1. The summed E-state index contributed by atoms with van der Waals surface area (Å²) < 4.78 is 1.67. The molecule has 0 saturated heterocycles. The second-order valence-corrected chi connectivity index (χ2v) is 4.59. The van der Waals surface area contributed by atoms with Crippen molar-refractivity contribution >= 4 is 5.91 Å². The predicted octanol–water partition coefficient (Wildman–Crippen LogP) is 1.71. The van der Waals surface area contributed by atoms with Gasteiger partial charge in [-0.3, -0.25) is 9.78 Å². The van der Waals surface area contributed by atoms with Crippen molar-refractivity contribution in [1.82, 2.24) is 25.3 Å². The Bertz CT molecular complexity index is 548. The van der Waals surface area contributed by atoms with E-state index in [9.17, 15) is 4.79 Å². The molecule has 1 N–H and O–H groups in total. The molecule has 0 aliphatic carbocycles. The number of aromatic nitrogens is 4. The van der Waals surface area contributed by atoms with E-state index < -0.39 is 0 Å². The number of carbonyl (C=O) groups is 1. The lowest BCUT2D eigenvalue weighted by Gasteiger charge is -2.11. The maximum Gasteiger partial charge on any atom is 0.223 e. The molecule has 0 aromatic carbocycles. The summed E-state index contributed by atoms with van der Waals surface area (Å²) in [7, 11) is 0. The van der Waals surface area contributed by atoms with Gasteiger partial charge in [-0.15, -0.1) is 5.10 Å². The van der Waals surface area contributed by atoms with Crippen LogP contribution in [0.4, 0.5) is 0 Å². The predicted molar refractivity (Wildman–Crippen MR) is 75.1 cm³/mol. The average Bonchev–Trinajstić information content (AvgIpc) is 2.96. The Balaban J connectivity index is 1.95. The van der Waals surface area contributed by atoms with E-state index in [1.54, 1.807) is 17.1 Å². The van der Waals surface area contributed by atoms with Gasteiger partial charge in [-0.1, -0.05) is 19.1 Å². The van der Waals surface area contributed by atoms with E-state index in [-0.39, 0.29) is 11.8 Å². The molecule has 2 heterocycles. The Morgan fingerprint density at radius 3 is 2.65 bits per heavy atom. The van der Waals surface area contributed by atoms with E-state index in [1.165, 1.54) is 0 Å². The SMILES string of the molecule is CCC(CC)C(=O)NCc1cn(-c2ccncc2)nn1. The van der Waals surface area contributed by atoms with Crippen LogP contribution in [0.1, 0.15) is 32.4 Å². The third kappa shape index (κ3) is 3.40. The van der Waals surface area contributed by atoms with Gasteiger partial charge in [-0.05, 0) is 25.0 Å². The van der Waals surface area contributed by atoms with Crippen LogP contribution in [0.2, 0.25) is 0 Å². The average molecular weight is 273 g/mol. The maximum atomic E-state index is 11.9. The molecule has 0 saturated carbocycles. The highest BCUT2D eigenvalue weighted by Crippen LogP contribution is 2.08. The zero-order chi connectivity index (χ0) is 14.4. The van der Waals surface area contributed by atoms with Crippen molar-refractivity contribution in [3.8, 4) is 5.69 Å². The van der Waals surface area contributed by atoms with Gasteiger partial charge in [0.1, 0.15) is 5.69 Å². The van der Waals surface area contributed by atoms with Gasteiger partial charge in [0.15, 0.2) is 0 Å². The first-order valence-corrected chi connectivity index (χ1v) is 6.84. The van der Waals surface area contributed by atoms with Crippen LogP contribution in [0.25, 0.3) is 5.69 Å². The lowest BCUT2D eigenvalue weighted by Crippen LogP contribution is -2.29. The molecule has 0 unspecified atom stereocenters. The molecule has 0 bridgehead atoms. The van der Waals surface area contributed by atoms with E-state index in [2.05, 4.69) is 20.6 Å². The number of carbonyl (C=O) groups excluding carboxylic acids is 1.